The van der Waals surface area contributed by atoms with Crippen LogP contribution in [0.15, 0.2) is 72.3 Å². The van der Waals surface area contributed by atoms with Crippen LogP contribution >= 0.6 is 11.6 Å². The first kappa shape index (κ1) is 22.4. The summed E-state index contributed by atoms with van der Waals surface area (Å²) in [6, 6.07) is 18.2. The summed E-state index contributed by atoms with van der Waals surface area (Å²) in [7, 11) is 3.01. The Kier molecular flexibility index (Phi) is 6.11. The largest absolute Gasteiger partial charge is 0.507 e. The molecule has 4 rings (SSSR count). The maximum atomic E-state index is 13.3. The van der Waals surface area contributed by atoms with Crippen molar-refractivity contribution in [3.63, 3.8) is 0 Å². The number of rotatable bonds is 5. The first-order valence-electron chi connectivity index (χ1n) is 10.2. The zero-order valence-electron chi connectivity index (χ0n) is 18.3. The molecule has 1 aliphatic heterocycles. The van der Waals surface area contributed by atoms with E-state index < -0.39 is 17.7 Å². The SMILES string of the molecule is COc1ccc(C2/C(=C(\O)c3cc(Cl)ccc3OC)C(=O)C(=O)N2c2cccc(C)c2)cc1. The molecular weight excluding hydrogens is 442 g/mol. The average molecular weight is 464 g/mol. The molecule has 168 valence electrons. The van der Waals surface area contributed by atoms with Crippen molar-refractivity contribution >= 4 is 34.7 Å². The van der Waals surface area contributed by atoms with Gasteiger partial charge >= 0.3 is 0 Å². The van der Waals surface area contributed by atoms with Gasteiger partial charge < -0.3 is 14.6 Å². The number of carbonyl (C=O) groups is 2. The quantitative estimate of drug-likeness (QED) is 0.316. The Morgan fingerprint density at radius 1 is 0.970 bits per heavy atom. The van der Waals surface area contributed by atoms with E-state index in [0.29, 0.717) is 27.8 Å². The summed E-state index contributed by atoms with van der Waals surface area (Å²) in [5.41, 5.74) is 2.30. The van der Waals surface area contributed by atoms with E-state index in [1.54, 1.807) is 49.6 Å². The minimum Gasteiger partial charge on any atom is -0.507 e. The lowest BCUT2D eigenvalue weighted by atomic mass is 9.94. The molecule has 3 aromatic carbocycles. The number of hydrogen-bond acceptors (Lipinski definition) is 5. The van der Waals surface area contributed by atoms with E-state index >= 15 is 0 Å². The van der Waals surface area contributed by atoms with E-state index in [0.717, 1.165) is 5.56 Å². The predicted molar refractivity (Wildman–Crippen MR) is 127 cm³/mol. The van der Waals surface area contributed by atoms with Crippen LogP contribution < -0.4 is 14.4 Å². The normalized spacial score (nSPS) is 17.3. The van der Waals surface area contributed by atoms with Crippen LogP contribution in [0.3, 0.4) is 0 Å². The summed E-state index contributed by atoms with van der Waals surface area (Å²) in [6.07, 6.45) is 0. The first-order chi connectivity index (χ1) is 15.8. The summed E-state index contributed by atoms with van der Waals surface area (Å²) in [4.78, 5) is 27.9. The molecule has 1 atom stereocenters. The van der Waals surface area contributed by atoms with Gasteiger partial charge in [-0.25, -0.2) is 0 Å². The molecular formula is C26H22ClNO5. The molecule has 6 nitrogen and oxygen atoms in total. The van der Waals surface area contributed by atoms with Crippen molar-refractivity contribution in [3.8, 4) is 11.5 Å². The number of carbonyl (C=O) groups excluding carboxylic acids is 2. The molecule has 0 spiro atoms. The van der Waals surface area contributed by atoms with E-state index in [4.69, 9.17) is 21.1 Å². The van der Waals surface area contributed by atoms with Crippen LogP contribution in [0.25, 0.3) is 5.76 Å². The van der Waals surface area contributed by atoms with Gasteiger partial charge in [0.05, 0.1) is 31.4 Å². The molecule has 1 unspecified atom stereocenters. The number of aliphatic hydroxyl groups excluding tert-OH is 1. The third kappa shape index (κ3) is 4.05. The van der Waals surface area contributed by atoms with Gasteiger partial charge in [0.2, 0.25) is 0 Å². The molecule has 1 heterocycles. The van der Waals surface area contributed by atoms with Crippen LogP contribution in [0.4, 0.5) is 5.69 Å². The molecule has 1 amide bonds. The standard InChI is InChI=1S/C26H22ClNO5/c1-15-5-4-6-18(13-15)28-23(16-7-10-19(32-2)11-8-16)22(25(30)26(28)31)24(29)20-14-17(27)9-12-21(20)33-3/h4-14,23,29H,1-3H3/b24-22+. The molecule has 1 N–H and O–H groups in total. The number of anilines is 1. The number of Topliss-reactive ketones (excluding diaryl/α,β-unsaturated/α-hetero) is 1. The summed E-state index contributed by atoms with van der Waals surface area (Å²) < 4.78 is 10.6. The van der Waals surface area contributed by atoms with Gasteiger partial charge in [0.25, 0.3) is 11.7 Å². The first-order valence-corrected chi connectivity index (χ1v) is 10.6. The number of benzene rings is 3. The zero-order valence-corrected chi connectivity index (χ0v) is 19.1. The van der Waals surface area contributed by atoms with Gasteiger partial charge in [0.15, 0.2) is 0 Å². The van der Waals surface area contributed by atoms with Crippen molar-refractivity contribution in [3.05, 3.63) is 94.0 Å². The van der Waals surface area contributed by atoms with E-state index in [9.17, 15) is 14.7 Å². The van der Waals surface area contributed by atoms with Gasteiger partial charge in [0, 0.05) is 10.7 Å². The van der Waals surface area contributed by atoms with Crippen molar-refractivity contribution in [1.29, 1.82) is 0 Å². The van der Waals surface area contributed by atoms with E-state index in [1.807, 2.05) is 25.1 Å². The minimum atomic E-state index is -0.860. The Morgan fingerprint density at radius 3 is 2.33 bits per heavy atom. The van der Waals surface area contributed by atoms with E-state index in [1.165, 1.54) is 18.1 Å². The molecule has 0 aliphatic carbocycles. The maximum absolute atomic E-state index is 13.3. The zero-order chi connectivity index (χ0) is 23.7. The third-order valence-corrected chi connectivity index (χ3v) is 5.81. The molecule has 1 saturated heterocycles. The van der Waals surface area contributed by atoms with Gasteiger partial charge in [-0.1, -0.05) is 35.9 Å². The molecule has 0 bridgehead atoms. The number of ether oxygens (including phenoxy) is 2. The number of methoxy groups -OCH3 is 2. The molecule has 0 saturated carbocycles. The van der Waals surface area contributed by atoms with Crippen LogP contribution in [-0.2, 0) is 9.59 Å². The molecule has 7 heteroatoms. The fourth-order valence-electron chi connectivity index (χ4n) is 3.99. The third-order valence-electron chi connectivity index (χ3n) is 5.57. The summed E-state index contributed by atoms with van der Waals surface area (Å²) in [5, 5.41) is 11.7. The minimum absolute atomic E-state index is 0.0489. The van der Waals surface area contributed by atoms with Gasteiger partial charge in [-0.15, -0.1) is 0 Å². The van der Waals surface area contributed by atoms with Crippen LogP contribution in [0.5, 0.6) is 11.5 Å². The second kappa shape index (κ2) is 9.00. The number of aliphatic hydroxyl groups is 1. The summed E-state index contributed by atoms with van der Waals surface area (Å²) in [6.45, 7) is 1.90. The maximum Gasteiger partial charge on any atom is 0.300 e. The molecule has 33 heavy (non-hydrogen) atoms. The van der Waals surface area contributed by atoms with Gasteiger partial charge in [0.1, 0.15) is 17.3 Å². The lowest BCUT2D eigenvalue weighted by Gasteiger charge is -2.26. The molecule has 3 aromatic rings. The average Bonchev–Trinajstić information content (AvgIpc) is 3.09. The van der Waals surface area contributed by atoms with Crippen molar-refractivity contribution in [2.45, 2.75) is 13.0 Å². The van der Waals surface area contributed by atoms with E-state index in [-0.39, 0.29) is 16.9 Å². The van der Waals surface area contributed by atoms with Crippen molar-refractivity contribution < 1.29 is 24.2 Å². The monoisotopic (exact) mass is 463 g/mol. The Balaban J connectivity index is 1.98. The second-order valence-corrected chi connectivity index (χ2v) is 8.06. The number of aryl methyl sites for hydroxylation is 1. The highest BCUT2D eigenvalue weighted by Gasteiger charge is 2.47. The lowest BCUT2D eigenvalue weighted by Crippen LogP contribution is -2.29. The van der Waals surface area contributed by atoms with Gasteiger partial charge in [-0.3, -0.25) is 14.5 Å². The van der Waals surface area contributed by atoms with E-state index in [2.05, 4.69) is 0 Å². The summed E-state index contributed by atoms with van der Waals surface area (Å²) in [5.74, 6) is -0.931. The topological polar surface area (TPSA) is 76.1 Å². The Bertz CT molecular complexity index is 1270. The summed E-state index contributed by atoms with van der Waals surface area (Å²) >= 11 is 6.15. The second-order valence-electron chi connectivity index (χ2n) is 7.63. The Hall–Kier alpha value is -3.77. The van der Waals surface area contributed by atoms with Crippen molar-refractivity contribution in [2.24, 2.45) is 0 Å². The van der Waals surface area contributed by atoms with Gasteiger partial charge in [-0.2, -0.15) is 0 Å². The number of nitrogens with zero attached hydrogens (tertiary/aromatic N) is 1. The lowest BCUT2D eigenvalue weighted by molar-refractivity contribution is -0.132. The smallest absolute Gasteiger partial charge is 0.300 e. The van der Waals surface area contributed by atoms with Crippen molar-refractivity contribution in [1.82, 2.24) is 0 Å². The molecule has 0 aromatic heterocycles. The van der Waals surface area contributed by atoms with Crippen LogP contribution in [-0.4, -0.2) is 31.0 Å². The fraction of sp³-hybridized carbons (Fsp3) is 0.154. The highest BCUT2D eigenvalue weighted by molar-refractivity contribution is 6.51. The Labute approximate surface area is 196 Å². The van der Waals surface area contributed by atoms with Crippen LogP contribution in [0, 0.1) is 6.92 Å². The Morgan fingerprint density at radius 2 is 1.70 bits per heavy atom. The fourth-order valence-corrected chi connectivity index (χ4v) is 4.16. The number of halogens is 1. The highest BCUT2D eigenvalue weighted by Crippen LogP contribution is 2.44. The highest BCUT2D eigenvalue weighted by atomic mass is 35.5. The predicted octanol–water partition coefficient (Wildman–Crippen LogP) is 5.29. The van der Waals surface area contributed by atoms with Crippen LogP contribution in [0.1, 0.15) is 22.7 Å². The molecule has 0 radical (unpaired) electrons. The van der Waals surface area contributed by atoms with Gasteiger partial charge in [-0.05, 0) is 60.5 Å². The number of amides is 1. The number of hydrogen-bond donors (Lipinski definition) is 1. The van der Waals surface area contributed by atoms with Crippen LogP contribution in [0.2, 0.25) is 5.02 Å². The molecule has 1 aliphatic rings. The molecule has 1 fully saturated rings. The van der Waals surface area contributed by atoms with Crippen molar-refractivity contribution in [2.75, 3.05) is 19.1 Å². The number of ketones is 1.